The van der Waals surface area contributed by atoms with Crippen LogP contribution in [0.5, 0.6) is 0 Å². The van der Waals surface area contributed by atoms with E-state index in [1.54, 1.807) is 17.4 Å². The minimum Gasteiger partial charge on any atom is -0.325 e. The lowest BCUT2D eigenvalue weighted by Gasteiger charge is -2.14. The van der Waals surface area contributed by atoms with E-state index in [9.17, 15) is 13.2 Å². The molecule has 1 N–H and O–H groups in total. The molecule has 1 heterocycles. The molecule has 0 unspecified atom stereocenters. The molecular formula is C19H19N3O3S2. The molecule has 0 atom stereocenters. The van der Waals surface area contributed by atoms with Gasteiger partial charge < -0.3 is 5.32 Å². The third kappa shape index (κ3) is 5.00. The highest BCUT2D eigenvalue weighted by molar-refractivity contribution is 7.88. The van der Waals surface area contributed by atoms with Crippen LogP contribution in [0.2, 0.25) is 0 Å². The predicted octanol–water partition coefficient (Wildman–Crippen LogP) is 3.31. The zero-order valence-electron chi connectivity index (χ0n) is 14.9. The number of carbonyl (C=O) groups is 1. The Kier molecular flexibility index (Phi) is 5.69. The van der Waals surface area contributed by atoms with E-state index in [1.165, 1.54) is 7.05 Å². The van der Waals surface area contributed by atoms with Crippen LogP contribution in [0.4, 0.5) is 5.69 Å². The third-order valence-corrected chi connectivity index (χ3v) is 6.05. The van der Waals surface area contributed by atoms with Crippen molar-refractivity contribution >= 4 is 33.0 Å². The normalized spacial score (nSPS) is 11.5. The van der Waals surface area contributed by atoms with Gasteiger partial charge in [-0.2, -0.15) is 4.31 Å². The maximum absolute atomic E-state index is 12.1. The van der Waals surface area contributed by atoms with Crippen LogP contribution in [0.25, 0.3) is 21.8 Å². The molecule has 0 aliphatic heterocycles. The number of nitrogens with one attached hydrogen (secondary N) is 1. The molecule has 0 aliphatic rings. The van der Waals surface area contributed by atoms with Crippen molar-refractivity contribution in [3.05, 3.63) is 60.0 Å². The second-order valence-electron chi connectivity index (χ2n) is 6.05. The van der Waals surface area contributed by atoms with Gasteiger partial charge in [0.05, 0.1) is 18.5 Å². The van der Waals surface area contributed by atoms with Gasteiger partial charge in [0.25, 0.3) is 0 Å². The summed E-state index contributed by atoms with van der Waals surface area (Å²) in [5.41, 5.74) is 3.35. The molecule has 0 fully saturated rings. The fourth-order valence-electron chi connectivity index (χ4n) is 2.40. The van der Waals surface area contributed by atoms with Crippen LogP contribution in [0.3, 0.4) is 0 Å². The van der Waals surface area contributed by atoms with Crippen molar-refractivity contribution in [2.45, 2.75) is 0 Å². The Morgan fingerprint density at radius 1 is 1.11 bits per heavy atom. The monoisotopic (exact) mass is 401 g/mol. The summed E-state index contributed by atoms with van der Waals surface area (Å²) in [6, 6.07) is 17.3. The number of amides is 1. The first kappa shape index (κ1) is 19.2. The van der Waals surface area contributed by atoms with Crippen LogP contribution >= 0.6 is 11.3 Å². The fourth-order valence-corrected chi connectivity index (χ4v) is 3.58. The van der Waals surface area contributed by atoms with Crippen molar-refractivity contribution in [3.63, 3.8) is 0 Å². The molecule has 3 rings (SSSR count). The van der Waals surface area contributed by atoms with Crippen LogP contribution in [0.1, 0.15) is 0 Å². The van der Waals surface area contributed by atoms with E-state index in [2.05, 4.69) is 10.3 Å². The van der Waals surface area contributed by atoms with Crippen molar-refractivity contribution in [3.8, 4) is 21.8 Å². The molecule has 0 saturated carbocycles. The van der Waals surface area contributed by atoms with Gasteiger partial charge in [-0.3, -0.25) is 4.79 Å². The first-order valence-electron chi connectivity index (χ1n) is 8.15. The highest BCUT2D eigenvalue weighted by Gasteiger charge is 2.15. The fraction of sp³-hybridized carbons (Fsp3) is 0.158. The Labute approximate surface area is 162 Å². The summed E-state index contributed by atoms with van der Waals surface area (Å²) in [6.45, 7) is -0.238. The average molecular weight is 402 g/mol. The summed E-state index contributed by atoms with van der Waals surface area (Å²) in [5.74, 6) is -0.400. The SMILES string of the molecule is CN(CC(=O)Nc1cccc(-c2csc(-c3ccccc3)n2)c1)S(C)(=O)=O. The summed E-state index contributed by atoms with van der Waals surface area (Å²) in [7, 11) is -2.03. The van der Waals surface area contributed by atoms with Crippen molar-refractivity contribution in [1.29, 1.82) is 0 Å². The largest absolute Gasteiger partial charge is 0.325 e. The number of thiazole rings is 1. The van der Waals surface area contributed by atoms with Crippen molar-refractivity contribution in [2.75, 3.05) is 25.2 Å². The summed E-state index contributed by atoms with van der Waals surface area (Å²) in [6.07, 6.45) is 1.06. The molecular weight excluding hydrogens is 382 g/mol. The van der Waals surface area contributed by atoms with Gasteiger partial charge >= 0.3 is 0 Å². The van der Waals surface area contributed by atoms with Gasteiger partial charge in [0.15, 0.2) is 0 Å². The van der Waals surface area contributed by atoms with Crippen molar-refractivity contribution in [2.24, 2.45) is 0 Å². The van der Waals surface area contributed by atoms with E-state index >= 15 is 0 Å². The Morgan fingerprint density at radius 2 is 1.81 bits per heavy atom. The lowest BCUT2D eigenvalue weighted by molar-refractivity contribution is -0.116. The molecule has 27 heavy (non-hydrogen) atoms. The predicted molar refractivity (Wildman–Crippen MR) is 109 cm³/mol. The third-order valence-electron chi connectivity index (χ3n) is 3.90. The van der Waals surface area contributed by atoms with Crippen LogP contribution in [-0.2, 0) is 14.8 Å². The summed E-state index contributed by atoms with van der Waals surface area (Å²) < 4.78 is 23.8. The molecule has 2 aromatic carbocycles. The number of aromatic nitrogens is 1. The van der Waals surface area contributed by atoms with Crippen LogP contribution in [-0.4, -0.2) is 43.5 Å². The van der Waals surface area contributed by atoms with Gasteiger partial charge in [-0.25, -0.2) is 13.4 Å². The Bertz CT molecular complexity index is 1050. The van der Waals surface area contributed by atoms with E-state index in [0.29, 0.717) is 5.69 Å². The number of anilines is 1. The van der Waals surface area contributed by atoms with Gasteiger partial charge in [-0.1, -0.05) is 42.5 Å². The number of rotatable bonds is 6. The number of sulfonamides is 1. The minimum absolute atomic E-state index is 0.238. The van der Waals surface area contributed by atoms with Gasteiger partial charge in [0, 0.05) is 29.2 Å². The number of nitrogens with zero attached hydrogens (tertiary/aromatic N) is 2. The highest BCUT2D eigenvalue weighted by Crippen LogP contribution is 2.29. The van der Waals surface area contributed by atoms with Crippen LogP contribution in [0.15, 0.2) is 60.0 Å². The summed E-state index contributed by atoms with van der Waals surface area (Å²) in [5, 5.41) is 5.62. The zero-order valence-corrected chi connectivity index (χ0v) is 16.5. The molecule has 3 aromatic rings. The van der Waals surface area contributed by atoms with Gasteiger partial charge in [0.2, 0.25) is 15.9 Å². The van der Waals surface area contributed by atoms with Crippen molar-refractivity contribution < 1.29 is 13.2 Å². The molecule has 6 nitrogen and oxygen atoms in total. The van der Waals surface area contributed by atoms with E-state index in [4.69, 9.17) is 0 Å². The molecule has 140 valence electrons. The number of hydrogen-bond acceptors (Lipinski definition) is 5. The number of likely N-dealkylation sites (N-methyl/N-ethyl adjacent to an activating group) is 1. The Hall–Kier alpha value is -2.55. The molecule has 0 spiro atoms. The lowest BCUT2D eigenvalue weighted by Crippen LogP contribution is -2.34. The van der Waals surface area contributed by atoms with E-state index in [0.717, 1.165) is 32.4 Å². The minimum atomic E-state index is -3.40. The molecule has 0 bridgehead atoms. The molecule has 0 aliphatic carbocycles. The van der Waals surface area contributed by atoms with E-state index < -0.39 is 15.9 Å². The zero-order chi connectivity index (χ0) is 19.4. The first-order chi connectivity index (χ1) is 12.8. The van der Waals surface area contributed by atoms with Gasteiger partial charge in [-0.15, -0.1) is 11.3 Å². The van der Waals surface area contributed by atoms with E-state index in [1.807, 2.05) is 53.9 Å². The van der Waals surface area contributed by atoms with E-state index in [-0.39, 0.29) is 6.54 Å². The van der Waals surface area contributed by atoms with Gasteiger partial charge in [0.1, 0.15) is 5.01 Å². The molecule has 1 aromatic heterocycles. The molecule has 8 heteroatoms. The Balaban J connectivity index is 1.75. The van der Waals surface area contributed by atoms with Crippen LogP contribution in [0, 0.1) is 0 Å². The quantitative estimate of drug-likeness (QED) is 0.687. The number of benzene rings is 2. The lowest BCUT2D eigenvalue weighted by atomic mass is 10.1. The summed E-state index contributed by atoms with van der Waals surface area (Å²) >= 11 is 1.56. The van der Waals surface area contributed by atoms with Gasteiger partial charge in [-0.05, 0) is 12.1 Å². The molecule has 1 amide bonds. The van der Waals surface area contributed by atoms with Crippen LogP contribution < -0.4 is 5.32 Å². The molecule has 0 radical (unpaired) electrons. The first-order valence-corrected chi connectivity index (χ1v) is 10.9. The smallest absolute Gasteiger partial charge is 0.239 e. The summed E-state index contributed by atoms with van der Waals surface area (Å²) in [4.78, 5) is 16.7. The topological polar surface area (TPSA) is 79.4 Å². The highest BCUT2D eigenvalue weighted by atomic mass is 32.2. The number of carbonyl (C=O) groups excluding carboxylic acids is 1. The van der Waals surface area contributed by atoms with Crippen molar-refractivity contribution in [1.82, 2.24) is 9.29 Å². The second kappa shape index (κ2) is 7.99. The maximum atomic E-state index is 12.1. The average Bonchev–Trinajstić information content (AvgIpc) is 3.12. The molecule has 0 saturated heterocycles. The maximum Gasteiger partial charge on any atom is 0.239 e. The Morgan fingerprint density at radius 3 is 2.52 bits per heavy atom. The number of hydrogen-bond donors (Lipinski definition) is 1. The standard InChI is InChI=1S/C19H19N3O3S2/c1-22(27(2,24)25)12-18(23)20-16-10-6-9-15(11-16)17-13-26-19(21-17)14-7-4-3-5-8-14/h3-11,13H,12H2,1-2H3,(H,20,23). The second-order valence-corrected chi connectivity index (χ2v) is 9.00.